The Balaban J connectivity index is 2.90. The normalized spacial score (nSPS) is 15.8. The first-order valence-electron chi connectivity index (χ1n) is 5.27. The fourth-order valence-corrected chi connectivity index (χ4v) is 1.59. The SMILES string of the molecule is COC(=O)C(=[N+]=[N-])C(=O)N1CCCCCC1=O. The minimum absolute atomic E-state index is 0.230. The number of rotatable bonds is 2. The van der Waals surface area contributed by atoms with Crippen LogP contribution in [0.5, 0.6) is 0 Å². The second-order valence-electron chi connectivity index (χ2n) is 3.60. The average molecular weight is 239 g/mol. The van der Waals surface area contributed by atoms with E-state index in [1.165, 1.54) is 0 Å². The number of methoxy groups -OCH3 is 1. The Morgan fingerprint density at radius 3 is 2.65 bits per heavy atom. The molecular formula is C10H13N3O4. The van der Waals surface area contributed by atoms with E-state index in [0.717, 1.165) is 18.4 Å². The maximum atomic E-state index is 11.8. The zero-order valence-electron chi connectivity index (χ0n) is 9.51. The van der Waals surface area contributed by atoms with Crippen LogP contribution in [0.25, 0.3) is 5.53 Å². The number of hydrogen-bond donors (Lipinski definition) is 0. The van der Waals surface area contributed by atoms with Crippen molar-refractivity contribution in [1.29, 1.82) is 0 Å². The van der Waals surface area contributed by atoms with Crippen molar-refractivity contribution < 1.29 is 23.9 Å². The lowest BCUT2D eigenvalue weighted by molar-refractivity contribution is -0.146. The van der Waals surface area contributed by atoms with Gasteiger partial charge in [-0.15, -0.1) is 0 Å². The summed E-state index contributed by atoms with van der Waals surface area (Å²) in [6.07, 6.45) is 2.49. The zero-order valence-corrected chi connectivity index (χ0v) is 9.51. The van der Waals surface area contributed by atoms with E-state index in [1.807, 2.05) is 0 Å². The van der Waals surface area contributed by atoms with Crippen molar-refractivity contribution in [1.82, 2.24) is 4.90 Å². The van der Waals surface area contributed by atoms with Crippen LogP contribution in [0.3, 0.4) is 0 Å². The Bertz CT molecular complexity index is 398. The molecule has 0 aromatic carbocycles. The van der Waals surface area contributed by atoms with Gasteiger partial charge in [0.05, 0.1) is 7.11 Å². The van der Waals surface area contributed by atoms with Gasteiger partial charge in [-0.05, 0) is 12.8 Å². The molecule has 0 unspecified atom stereocenters. The Kier molecular flexibility index (Phi) is 4.54. The molecule has 1 aliphatic heterocycles. The summed E-state index contributed by atoms with van der Waals surface area (Å²) < 4.78 is 4.29. The highest BCUT2D eigenvalue weighted by Crippen LogP contribution is 2.11. The lowest BCUT2D eigenvalue weighted by Crippen LogP contribution is -2.44. The van der Waals surface area contributed by atoms with Gasteiger partial charge >= 0.3 is 17.6 Å². The minimum atomic E-state index is -1.06. The fourth-order valence-electron chi connectivity index (χ4n) is 1.59. The van der Waals surface area contributed by atoms with E-state index < -0.39 is 17.6 Å². The number of carbonyl (C=O) groups excluding carboxylic acids is 3. The van der Waals surface area contributed by atoms with Crippen LogP contribution < -0.4 is 0 Å². The van der Waals surface area contributed by atoms with E-state index in [9.17, 15) is 14.4 Å². The number of amides is 2. The van der Waals surface area contributed by atoms with Gasteiger partial charge in [0.2, 0.25) is 5.91 Å². The minimum Gasteiger partial charge on any atom is -0.460 e. The maximum absolute atomic E-state index is 11.8. The second kappa shape index (κ2) is 5.91. The molecule has 0 N–H and O–H groups in total. The molecule has 0 aromatic rings. The summed E-state index contributed by atoms with van der Waals surface area (Å²) in [6.45, 7) is 0.230. The van der Waals surface area contributed by atoms with Crippen molar-refractivity contribution >= 4 is 23.5 Å². The first-order chi connectivity index (χ1) is 8.11. The zero-order chi connectivity index (χ0) is 12.8. The Hall–Kier alpha value is -2.01. The summed E-state index contributed by atoms with van der Waals surface area (Å²) in [5.74, 6) is -2.33. The van der Waals surface area contributed by atoms with Crippen LogP contribution in [0.2, 0.25) is 0 Å². The van der Waals surface area contributed by atoms with E-state index in [0.29, 0.717) is 12.8 Å². The molecule has 1 heterocycles. The molecular weight excluding hydrogens is 226 g/mol. The topological polar surface area (TPSA) is 100 Å². The molecule has 0 radical (unpaired) electrons. The molecule has 0 bridgehead atoms. The Morgan fingerprint density at radius 2 is 2.06 bits per heavy atom. The van der Waals surface area contributed by atoms with Gasteiger partial charge in [-0.25, -0.2) is 4.79 Å². The van der Waals surface area contributed by atoms with E-state index in [2.05, 4.69) is 9.53 Å². The Morgan fingerprint density at radius 1 is 1.35 bits per heavy atom. The highest BCUT2D eigenvalue weighted by molar-refractivity contribution is 6.62. The van der Waals surface area contributed by atoms with Gasteiger partial charge in [0.25, 0.3) is 0 Å². The number of imide groups is 1. The van der Waals surface area contributed by atoms with Gasteiger partial charge < -0.3 is 10.3 Å². The maximum Gasteiger partial charge on any atom is 0.463 e. The number of ether oxygens (including phenoxy) is 1. The molecule has 1 aliphatic rings. The molecule has 7 nitrogen and oxygen atoms in total. The quantitative estimate of drug-likeness (QED) is 0.218. The highest BCUT2D eigenvalue weighted by Gasteiger charge is 2.37. The van der Waals surface area contributed by atoms with Crippen molar-refractivity contribution in [2.75, 3.05) is 13.7 Å². The van der Waals surface area contributed by atoms with Crippen LogP contribution >= 0.6 is 0 Å². The number of hydrogen-bond acceptors (Lipinski definition) is 4. The predicted octanol–water partition coefficient (Wildman–Crippen LogP) is -0.241. The number of carbonyl (C=O) groups is 3. The third kappa shape index (κ3) is 2.98. The van der Waals surface area contributed by atoms with Crippen molar-refractivity contribution in [3.63, 3.8) is 0 Å². The number of esters is 1. The summed E-state index contributed by atoms with van der Waals surface area (Å²) in [4.78, 5) is 38.1. The average Bonchev–Trinajstić information content (AvgIpc) is 2.54. The Labute approximate surface area is 98.0 Å². The summed E-state index contributed by atoms with van der Waals surface area (Å²) in [5.41, 5.74) is 7.84. The van der Waals surface area contributed by atoms with Crippen molar-refractivity contribution in [2.45, 2.75) is 25.7 Å². The van der Waals surface area contributed by atoms with Gasteiger partial charge in [-0.3, -0.25) is 14.5 Å². The van der Waals surface area contributed by atoms with Crippen molar-refractivity contribution in [3.8, 4) is 0 Å². The molecule has 0 aliphatic carbocycles. The first kappa shape index (κ1) is 13.1. The molecule has 0 saturated carbocycles. The van der Waals surface area contributed by atoms with Crippen molar-refractivity contribution in [3.05, 3.63) is 5.53 Å². The summed E-state index contributed by atoms with van der Waals surface area (Å²) >= 11 is 0. The third-order valence-electron chi connectivity index (χ3n) is 2.50. The van der Waals surface area contributed by atoms with Crippen LogP contribution in [0, 0.1) is 0 Å². The standard InChI is InChI=1S/C10H13N3O4/c1-17-10(16)8(12-11)9(15)13-6-4-2-3-5-7(13)14/h2-6H2,1H3. The van der Waals surface area contributed by atoms with E-state index in [4.69, 9.17) is 5.53 Å². The molecule has 1 fully saturated rings. The lowest BCUT2D eigenvalue weighted by Gasteiger charge is -2.14. The van der Waals surface area contributed by atoms with Gasteiger partial charge in [-0.1, -0.05) is 6.42 Å². The highest BCUT2D eigenvalue weighted by atomic mass is 16.5. The largest absolute Gasteiger partial charge is 0.463 e. The monoisotopic (exact) mass is 239 g/mol. The van der Waals surface area contributed by atoms with E-state index in [1.54, 1.807) is 0 Å². The molecule has 0 spiro atoms. The first-order valence-corrected chi connectivity index (χ1v) is 5.27. The van der Waals surface area contributed by atoms with Gasteiger partial charge in [0.15, 0.2) is 0 Å². The van der Waals surface area contributed by atoms with E-state index in [-0.39, 0.29) is 18.9 Å². The molecule has 0 atom stereocenters. The molecule has 2 amide bonds. The van der Waals surface area contributed by atoms with E-state index >= 15 is 0 Å². The lowest BCUT2D eigenvalue weighted by atomic mass is 10.2. The molecule has 1 rings (SSSR count). The second-order valence-corrected chi connectivity index (χ2v) is 3.60. The third-order valence-corrected chi connectivity index (χ3v) is 2.50. The summed E-state index contributed by atoms with van der Waals surface area (Å²) in [6, 6.07) is 0. The van der Waals surface area contributed by atoms with Gasteiger partial charge in [-0.2, -0.15) is 4.79 Å². The molecule has 1 saturated heterocycles. The molecule has 17 heavy (non-hydrogen) atoms. The molecule has 0 aromatic heterocycles. The van der Waals surface area contributed by atoms with Crippen LogP contribution in [-0.2, 0) is 19.1 Å². The number of likely N-dealkylation sites (tertiary alicyclic amines) is 1. The summed E-state index contributed by atoms with van der Waals surface area (Å²) in [5, 5.41) is 0. The number of nitrogens with zero attached hydrogens (tertiary/aromatic N) is 3. The fraction of sp³-hybridized carbons (Fsp3) is 0.600. The van der Waals surface area contributed by atoms with Crippen LogP contribution in [0.15, 0.2) is 0 Å². The predicted molar refractivity (Wildman–Crippen MR) is 55.8 cm³/mol. The van der Waals surface area contributed by atoms with Gasteiger partial charge in [0, 0.05) is 13.0 Å². The smallest absolute Gasteiger partial charge is 0.460 e. The molecule has 92 valence electrons. The summed E-state index contributed by atoms with van der Waals surface area (Å²) in [7, 11) is 1.06. The van der Waals surface area contributed by atoms with Crippen LogP contribution in [0.1, 0.15) is 25.7 Å². The molecule has 7 heteroatoms. The van der Waals surface area contributed by atoms with Crippen molar-refractivity contribution in [2.24, 2.45) is 0 Å². The van der Waals surface area contributed by atoms with Gasteiger partial charge in [0.1, 0.15) is 0 Å². The van der Waals surface area contributed by atoms with Crippen LogP contribution in [-0.4, -0.2) is 46.8 Å². The van der Waals surface area contributed by atoms with Crippen LogP contribution in [0.4, 0.5) is 0 Å².